The first-order valence-corrected chi connectivity index (χ1v) is 9.43. The van der Waals surface area contributed by atoms with E-state index in [-0.39, 0.29) is 5.97 Å². The van der Waals surface area contributed by atoms with Crippen molar-refractivity contribution < 1.29 is 19.1 Å². The molecule has 0 heterocycles. The second kappa shape index (κ2) is 12.5. The van der Waals surface area contributed by atoms with Crippen molar-refractivity contribution in [2.45, 2.75) is 78.1 Å². The monoisotopic (exact) mass is 348 g/mol. The van der Waals surface area contributed by atoms with Crippen molar-refractivity contribution in [3.63, 3.8) is 0 Å². The number of ketones is 1. The van der Waals surface area contributed by atoms with Gasteiger partial charge in [-0.3, -0.25) is 9.59 Å². The van der Waals surface area contributed by atoms with Gasteiger partial charge in [0.05, 0.1) is 7.11 Å². The molecule has 1 aromatic rings. The highest BCUT2D eigenvalue weighted by Crippen LogP contribution is 2.28. The molecule has 4 nitrogen and oxygen atoms in total. The smallest absolute Gasteiger partial charge is 0.308 e. The molecule has 0 unspecified atom stereocenters. The summed E-state index contributed by atoms with van der Waals surface area (Å²) in [6, 6.07) is 5.43. The first kappa shape index (κ1) is 21.2. The van der Waals surface area contributed by atoms with E-state index in [1.54, 1.807) is 6.07 Å². The highest BCUT2D eigenvalue weighted by molar-refractivity contribution is 5.78. The van der Waals surface area contributed by atoms with Crippen molar-refractivity contribution in [2.75, 3.05) is 7.11 Å². The maximum absolute atomic E-state index is 12.0. The Balaban J connectivity index is 2.30. The van der Waals surface area contributed by atoms with Crippen molar-refractivity contribution in [3.8, 4) is 11.5 Å². The quantitative estimate of drug-likeness (QED) is 0.277. The van der Waals surface area contributed by atoms with Crippen LogP contribution in [0.25, 0.3) is 0 Å². The molecular formula is C21H32O4. The first-order chi connectivity index (χ1) is 12.1. The Hall–Kier alpha value is -1.84. The average Bonchev–Trinajstić information content (AvgIpc) is 2.59. The Morgan fingerprint density at radius 1 is 0.920 bits per heavy atom. The molecule has 0 saturated carbocycles. The van der Waals surface area contributed by atoms with Crippen molar-refractivity contribution >= 4 is 11.8 Å². The molecule has 0 saturated heterocycles. The number of Topliss-reactive ketones (excluding diaryl/α,β-unsaturated/α-hetero) is 1. The van der Waals surface area contributed by atoms with E-state index in [1.807, 2.05) is 12.1 Å². The van der Waals surface area contributed by atoms with Gasteiger partial charge in [-0.05, 0) is 30.5 Å². The van der Waals surface area contributed by atoms with E-state index in [0.717, 1.165) is 18.4 Å². The molecule has 4 heteroatoms. The Kier molecular flexibility index (Phi) is 10.6. The number of esters is 1. The van der Waals surface area contributed by atoms with Crippen molar-refractivity contribution in [1.29, 1.82) is 0 Å². The predicted octanol–water partition coefficient (Wildman–Crippen LogP) is 5.26. The van der Waals surface area contributed by atoms with Crippen molar-refractivity contribution in [2.24, 2.45) is 0 Å². The number of carbonyl (C=O) groups excluding carboxylic acids is 2. The molecule has 0 radical (unpaired) electrons. The SMILES string of the molecule is CCCCCCCCCC(=O)CCc1ccc(OC(C)=O)c(OC)c1. The van der Waals surface area contributed by atoms with E-state index in [9.17, 15) is 9.59 Å². The normalized spacial score (nSPS) is 10.5. The minimum Gasteiger partial charge on any atom is -0.493 e. The molecular weight excluding hydrogens is 316 g/mol. The minimum absolute atomic E-state index is 0.316. The summed E-state index contributed by atoms with van der Waals surface area (Å²) in [4.78, 5) is 23.1. The van der Waals surface area contributed by atoms with E-state index < -0.39 is 0 Å². The number of methoxy groups -OCH3 is 1. The lowest BCUT2D eigenvalue weighted by Gasteiger charge is -2.10. The number of benzene rings is 1. The van der Waals surface area contributed by atoms with Gasteiger partial charge < -0.3 is 9.47 Å². The molecule has 0 N–H and O–H groups in total. The van der Waals surface area contributed by atoms with Crippen LogP contribution in [0.4, 0.5) is 0 Å². The van der Waals surface area contributed by atoms with Crippen LogP contribution in [-0.2, 0) is 16.0 Å². The van der Waals surface area contributed by atoms with Crippen molar-refractivity contribution in [3.05, 3.63) is 23.8 Å². The molecule has 0 bridgehead atoms. The van der Waals surface area contributed by atoms with Crippen molar-refractivity contribution in [1.82, 2.24) is 0 Å². The number of unbranched alkanes of at least 4 members (excludes halogenated alkanes) is 6. The summed E-state index contributed by atoms with van der Waals surface area (Å²) in [5, 5.41) is 0. The van der Waals surface area contributed by atoms with E-state index in [1.165, 1.54) is 46.1 Å². The zero-order valence-corrected chi connectivity index (χ0v) is 15.9. The van der Waals surface area contributed by atoms with Gasteiger partial charge in [0, 0.05) is 19.8 Å². The van der Waals surface area contributed by atoms with Gasteiger partial charge in [-0.1, -0.05) is 51.5 Å². The molecule has 0 aliphatic rings. The fourth-order valence-corrected chi connectivity index (χ4v) is 2.79. The lowest BCUT2D eigenvalue weighted by Crippen LogP contribution is -2.04. The zero-order chi connectivity index (χ0) is 18.5. The lowest BCUT2D eigenvalue weighted by molar-refractivity contribution is -0.132. The molecule has 1 rings (SSSR count). The first-order valence-electron chi connectivity index (χ1n) is 9.43. The third kappa shape index (κ3) is 9.28. The number of hydrogen-bond acceptors (Lipinski definition) is 4. The van der Waals surface area contributed by atoms with Gasteiger partial charge >= 0.3 is 5.97 Å². The number of aryl methyl sites for hydroxylation is 1. The lowest BCUT2D eigenvalue weighted by atomic mass is 10.0. The highest BCUT2D eigenvalue weighted by Gasteiger charge is 2.09. The molecule has 0 aliphatic carbocycles. The fourth-order valence-electron chi connectivity index (χ4n) is 2.79. The number of ether oxygens (including phenoxy) is 2. The van der Waals surface area contributed by atoms with Crippen LogP contribution in [-0.4, -0.2) is 18.9 Å². The van der Waals surface area contributed by atoms with Crippen LogP contribution >= 0.6 is 0 Å². The summed E-state index contributed by atoms with van der Waals surface area (Å²) in [7, 11) is 1.54. The maximum atomic E-state index is 12.0. The summed E-state index contributed by atoms with van der Waals surface area (Å²) in [5.41, 5.74) is 1.01. The molecule has 0 amide bonds. The van der Waals surface area contributed by atoms with Gasteiger partial charge in [0.1, 0.15) is 5.78 Å². The third-order valence-electron chi connectivity index (χ3n) is 4.23. The molecule has 0 spiro atoms. The summed E-state index contributed by atoms with van der Waals surface area (Å²) in [6.45, 7) is 3.58. The van der Waals surface area contributed by atoms with Gasteiger partial charge in [-0.25, -0.2) is 0 Å². The second-order valence-electron chi connectivity index (χ2n) is 6.49. The summed E-state index contributed by atoms with van der Waals surface area (Å²) >= 11 is 0. The molecule has 0 fully saturated rings. The molecule has 0 aliphatic heterocycles. The Morgan fingerprint density at radius 3 is 2.24 bits per heavy atom. The predicted molar refractivity (Wildman–Crippen MR) is 100 cm³/mol. The molecule has 25 heavy (non-hydrogen) atoms. The van der Waals surface area contributed by atoms with Gasteiger partial charge in [0.2, 0.25) is 0 Å². The fraction of sp³-hybridized carbons (Fsp3) is 0.619. The molecule has 140 valence electrons. The average molecular weight is 348 g/mol. The highest BCUT2D eigenvalue weighted by atomic mass is 16.6. The zero-order valence-electron chi connectivity index (χ0n) is 15.9. The van der Waals surface area contributed by atoms with Crippen LogP contribution in [0.1, 0.15) is 77.2 Å². The van der Waals surface area contributed by atoms with Crippen LogP contribution in [0.15, 0.2) is 18.2 Å². The van der Waals surface area contributed by atoms with Gasteiger partial charge in [-0.2, -0.15) is 0 Å². The molecule has 0 atom stereocenters. The number of carbonyl (C=O) groups is 2. The summed E-state index contributed by atoms with van der Waals surface area (Å²) in [5.74, 6) is 0.868. The summed E-state index contributed by atoms with van der Waals surface area (Å²) < 4.78 is 10.3. The van der Waals surface area contributed by atoms with Gasteiger partial charge in [0.25, 0.3) is 0 Å². The molecule has 1 aromatic carbocycles. The van der Waals surface area contributed by atoms with E-state index in [4.69, 9.17) is 9.47 Å². The van der Waals surface area contributed by atoms with Crippen LogP contribution in [0, 0.1) is 0 Å². The van der Waals surface area contributed by atoms with Gasteiger partial charge in [0.15, 0.2) is 11.5 Å². The van der Waals surface area contributed by atoms with Crippen LogP contribution < -0.4 is 9.47 Å². The molecule has 0 aromatic heterocycles. The van der Waals surface area contributed by atoms with E-state index in [2.05, 4.69) is 6.92 Å². The Labute approximate surface area is 151 Å². The minimum atomic E-state index is -0.379. The largest absolute Gasteiger partial charge is 0.493 e. The number of rotatable bonds is 13. The Bertz CT molecular complexity index is 537. The van der Waals surface area contributed by atoms with E-state index >= 15 is 0 Å². The number of hydrogen-bond donors (Lipinski definition) is 0. The van der Waals surface area contributed by atoms with Crippen LogP contribution in [0.5, 0.6) is 11.5 Å². The van der Waals surface area contributed by atoms with E-state index in [0.29, 0.717) is 36.5 Å². The van der Waals surface area contributed by atoms with Crippen LogP contribution in [0.2, 0.25) is 0 Å². The van der Waals surface area contributed by atoms with Gasteiger partial charge in [-0.15, -0.1) is 0 Å². The maximum Gasteiger partial charge on any atom is 0.308 e. The third-order valence-corrected chi connectivity index (χ3v) is 4.23. The Morgan fingerprint density at radius 2 is 1.60 bits per heavy atom. The van der Waals surface area contributed by atoms with Crippen LogP contribution in [0.3, 0.4) is 0 Å². The topological polar surface area (TPSA) is 52.6 Å². The standard InChI is InChI=1S/C21H32O4/c1-4-5-6-7-8-9-10-11-19(23)14-12-18-13-15-20(25-17(2)22)21(16-18)24-3/h13,15-16H,4-12,14H2,1-3H3. The second-order valence-corrected chi connectivity index (χ2v) is 6.49. The summed E-state index contributed by atoms with van der Waals surface area (Å²) in [6.07, 6.45) is 10.5.